The number of hydrogen-bond donors (Lipinski definition) is 1. The predicted molar refractivity (Wildman–Crippen MR) is 68.4 cm³/mol. The standard InChI is InChI=1S/C15H16N2O2/c1-9-10(6-15(8-16)2-3-15)4-11(7-17-9)12-5-13(12)14(18)19/h4,7,12-13H,2-3,5-6H2,1H3,(H,18,19). The highest BCUT2D eigenvalue weighted by atomic mass is 16.4. The molecule has 1 aromatic rings. The first kappa shape index (κ1) is 12.2. The maximum atomic E-state index is 10.9. The van der Waals surface area contributed by atoms with Crippen molar-refractivity contribution in [1.29, 1.82) is 5.26 Å². The van der Waals surface area contributed by atoms with E-state index < -0.39 is 5.97 Å². The summed E-state index contributed by atoms with van der Waals surface area (Å²) >= 11 is 0. The van der Waals surface area contributed by atoms with Crippen LogP contribution in [0.3, 0.4) is 0 Å². The van der Waals surface area contributed by atoms with Gasteiger partial charge >= 0.3 is 5.97 Å². The van der Waals surface area contributed by atoms with E-state index in [0.717, 1.165) is 36.1 Å². The molecular weight excluding hydrogens is 240 g/mol. The lowest BCUT2D eigenvalue weighted by Gasteiger charge is -2.10. The molecule has 0 aromatic carbocycles. The van der Waals surface area contributed by atoms with Gasteiger partial charge in [-0.25, -0.2) is 0 Å². The molecule has 3 rings (SSSR count). The van der Waals surface area contributed by atoms with Gasteiger partial charge in [0.25, 0.3) is 0 Å². The number of carbonyl (C=O) groups is 1. The van der Waals surface area contributed by atoms with E-state index in [1.54, 1.807) is 6.20 Å². The summed E-state index contributed by atoms with van der Waals surface area (Å²) in [4.78, 5) is 15.3. The Morgan fingerprint density at radius 3 is 2.89 bits per heavy atom. The minimum Gasteiger partial charge on any atom is -0.481 e. The van der Waals surface area contributed by atoms with Gasteiger partial charge in [0.1, 0.15) is 0 Å². The topological polar surface area (TPSA) is 74.0 Å². The Hall–Kier alpha value is -1.89. The minimum atomic E-state index is -0.720. The normalized spacial score (nSPS) is 26.5. The van der Waals surface area contributed by atoms with Crippen molar-refractivity contribution >= 4 is 5.97 Å². The number of nitrogens with zero attached hydrogens (tertiary/aromatic N) is 2. The average Bonchev–Trinajstić information content (AvgIpc) is 3.25. The third kappa shape index (κ3) is 2.21. The third-order valence-corrected chi connectivity index (χ3v) is 4.37. The first-order valence-electron chi connectivity index (χ1n) is 6.64. The molecule has 2 saturated carbocycles. The van der Waals surface area contributed by atoms with Gasteiger partial charge in [0, 0.05) is 11.9 Å². The molecule has 4 nitrogen and oxygen atoms in total. The van der Waals surface area contributed by atoms with Crippen molar-refractivity contribution in [2.75, 3.05) is 0 Å². The lowest BCUT2D eigenvalue weighted by atomic mass is 9.95. The summed E-state index contributed by atoms with van der Waals surface area (Å²) in [7, 11) is 0. The highest BCUT2D eigenvalue weighted by molar-refractivity contribution is 5.75. The van der Waals surface area contributed by atoms with Gasteiger partial charge in [-0.05, 0) is 49.7 Å². The monoisotopic (exact) mass is 256 g/mol. The molecule has 0 radical (unpaired) electrons. The van der Waals surface area contributed by atoms with Crippen LogP contribution in [0.5, 0.6) is 0 Å². The zero-order chi connectivity index (χ0) is 13.6. The van der Waals surface area contributed by atoms with Crippen molar-refractivity contribution in [3.8, 4) is 6.07 Å². The molecule has 1 N–H and O–H groups in total. The van der Waals surface area contributed by atoms with Crippen molar-refractivity contribution in [3.05, 3.63) is 29.1 Å². The van der Waals surface area contributed by atoms with Crippen LogP contribution in [-0.4, -0.2) is 16.1 Å². The molecular formula is C15H16N2O2. The second-order valence-electron chi connectivity index (χ2n) is 5.87. The zero-order valence-electron chi connectivity index (χ0n) is 10.9. The Labute approximate surface area is 112 Å². The Kier molecular flexibility index (Phi) is 2.60. The van der Waals surface area contributed by atoms with E-state index in [2.05, 4.69) is 17.1 Å². The molecule has 1 aromatic heterocycles. The Morgan fingerprint density at radius 2 is 2.37 bits per heavy atom. The molecule has 0 spiro atoms. The largest absolute Gasteiger partial charge is 0.481 e. The van der Waals surface area contributed by atoms with Gasteiger partial charge < -0.3 is 5.11 Å². The molecule has 0 amide bonds. The smallest absolute Gasteiger partial charge is 0.307 e. The summed E-state index contributed by atoms with van der Waals surface area (Å²) in [5.74, 6) is -0.854. The molecule has 4 heteroatoms. The molecule has 19 heavy (non-hydrogen) atoms. The summed E-state index contributed by atoms with van der Waals surface area (Å²) in [6, 6.07) is 4.46. The van der Waals surface area contributed by atoms with Gasteiger partial charge in [-0.3, -0.25) is 9.78 Å². The van der Waals surface area contributed by atoms with Crippen molar-refractivity contribution in [1.82, 2.24) is 4.98 Å². The fourth-order valence-electron chi connectivity index (χ4n) is 2.66. The molecule has 0 aliphatic heterocycles. The second-order valence-corrected chi connectivity index (χ2v) is 5.87. The quantitative estimate of drug-likeness (QED) is 0.897. The fourth-order valence-corrected chi connectivity index (χ4v) is 2.66. The zero-order valence-corrected chi connectivity index (χ0v) is 10.9. The van der Waals surface area contributed by atoms with E-state index in [0.29, 0.717) is 6.42 Å². The van der Waals surface area contributed by atoms with E-state index in [1.807, 2.05) is 6.92 Å². The molecule has 2 atom stereocenters. The van der Waals surface area contributed by atoms with Crippen LogP contribution in [0, 0.1) is 29.6 Å². The predicted octanol–water partition coefficient (Wildman–Crippen LogP) is 2.42. The van der Waals surface area contributed by atoms with Gasteiger partial charge in [-0.1, -0.05) is 6.07 Å². The second kappa shape index (κ2) is 4.06. The number of rotatable bonds is 4. The highest BCUT2D eigenvalue weighted by Gasteiger charge is 2.46. The van der Waals surface area contributed by atoms with Crippen LogP contribution in [0.2, 0.25) is 0 Å². The van der Waals surface area contributed by atoms with Crippen LogP contribution < -0.4 is 0 Å². The van der Waals surface area contributed by atoms with Crippen molar-refractivity contribution in [3.63, 3.8) is 0 Å². The molecule has 1 heterocycles. The maximum Gasteiger partial charge on any atom is 0.307 e. The Bertz CT molecular complexity index is 584. The molecule has 0 bridgehead atoms. The summed E-state index contributed by atoms with van der Waals surface area (Å²) in [6.07, 6.45) is 5.19. The number of aliphatic carboxylic acids is 1. The number of nitriles is 1. The van der Waals surface area contributed by atoms with Crippen molar-refractivity contribution < 1.29 is 9.90 Å². The maximum absolute atomic E-state index is 10.9. The third-order valence-electron chi connectivity index (χ3n) is 4.37. The summed E-state index contributed by atoms with van der Waals surface area (Å²) in [6.45, 7) is 1.95. The highest BCUT2D eigenvalue weighted by Crippen LogP contribution is 2.50. The number of aromatic nitrogens is 1. The summed E-state index contributed by atoms with van der Waals surface area (Å²) in [5, 5.41) is 18.1. The van der Waals surface area contributed by atoms with Crippen LogP contribution in [0.1, 0.15) is 42.0 Å². The number of hydrogen-bond acceptors (Lipinski definition) is 3. The SMILES string of the molecule is Cc1ncc(C2CC2C(=O)O)cc1CC1(C#N)CC1. The van der Waals surface area contributed by atoms with E-state index >= 15 is 0 Å². The summed E-state index contributed by atoms with van der Waals surface area (Å²) < 4.78 is 0. The van der Waals surface area contributed by atoms with Crippen LogP contribution in [0.25, 0.3) is 0 Å². The average molecular weight is 256 g/mol. The van der Waals surface area contributed by atoms with E-state index in [-0.39, 0.29) is 17.3 Å². The lowest BCUT2D eigenvalue weighted by Crippen LogP contribution is -2.06. The lowest BCUT2D eigenvalue weighted by molar-refractivity contribution is -0.138. The molecule has 2 aliphatic carbocycles. The number of carboxylic acid groups (broad SMARTS) is 1. The van der Waals surface area contributed by atoms with Crippen LogP contribution in [0.15, 0.2) is 12.3 Å². The summed E-state index contributed by atoms with van der Waals surface area (Å²) in [5.41, 5.74) is 2.90. The van der Waals surface area contributed by atoms with Crippen molar-refractivity contribution in [2.24, 2.45) is 11.3 Å². The molecule has 0 saturated heterocycles. The van der Waals surface area contributed by atoms with Gasteiger partial charge in [0.15, 0.2) is 0 Å². The number of carboxylic acids is 1. The van der Waals surface area contributed by atoms with Gasteiger partial charge in [0.05, 0.1) is 17.4 Å². The van der Waals surface area contributed by atoms with Crippen LogP contribution in [0.4, 0.5) is 0 Å². The number of aryl methyl sites for hydroxylation is 1. The molecule has 2 fully saturated rings. The van der Waals surface area contributed by atoms with Gasteiger partial charge in [0.2, 0.25) is 0 Å². The van der Waals surface area contributed by atoms with Crippen LogP contribution >= 0.6 is 0 Å². The molecule has 98 valence electrons. The van der Waals surface area contributed by atoms with E-state index in [4.69, 9.17) is 10.4 Å². The first-order chi connectivity index (χ1) is 9.04. The first-order valence-corrected chi connectivity index (χ1v) is 6.64. The van der Waals surface area contributed by atoms with Gasteiger partial charge in [-0.15, -0.1) is 0 Å². The minimum absolute atomic E-state index is 0.113. The van der Waals surface area contributed by atoms with Gasteiger partial charge in [-0.2, -0.15) is 5.26 Å². The molecule has 2 aliphatic rings. The van der Waals surface area contributed by atoms with E-state index in [9.17, 15) is 4.79 Å². The number of pyridine rings is 1. The Morgan fingerprint density at radius 1 is 1.63 bits per heavy atom. The fraction of sp³-hybridized carbons (Fsp3) is 0.533. The Balaban J connectivity index is 1.82. The molecule has 2 unspecified atom stereocenters. The van der Waals surface area contributed by atoms with E-state index in [1.165, 1.54) is 0 Å². The van der Waals surface area contributed by atoms with Crippen molar-refractivity contribution in [2.45, 2.75) is 38.5 Å². The van der Waals surface area contributed by atoms with Crippen LogP contribution in [-0.2, 0) is 11.2 Å².